The summed E-state index contributed by atoms with van der Waals surface area (Å²) in [6.07, 6.45) is 10.5. The summed E-state index contributed by atoms with van der Waals surface area (Å²) in [6.45, 7) is 12.3. The fraction of sp³-hybridized carbons (Fsp3) is 0.750. The van der Waals surface area contributed by atoms with Crippen molar-refractivity contribution in [3.63, 3.8) is 0 Å². The van der Waals surface area contributed by atoms with E-state index in [1.165, 1.54) is 55.7 Å². The van der Waals surface area contributed by atoms with Crippen LogP contribution in [0.1, 0.15) is 69.4 Å². The normalized spacial score (nSPS) is 14.0. The molecule has 0 aliphatic heterocycles. The maximum absolute atomic E-state index is 9.57. The first kappa shape index (κ1) is 27.4. The van der Waals surface area contributed by atoms with Crippen molar-refractivity contribution in [2.75, 3.05) is 13.2 Å². The van der Waals surface area contributed by atoms with Crippen molar-refractivity contribution in [1.29, 1.82) is 0 Å². The van der Waals surface area contributed by atoms with Crippen LogP contribution in [-0.2, 0) is 15.7 Å². The SMILES string of the molecule is CCOB(O)OCCCC([NH3+])(CCCCc1ccc(C)cc1)CCCC[Si](C)(C)C. The van der Waals surface area contributed by atoms with E-state index in [1.807, 2.05) is 6.92 Å². The van der Waals surface area contributed by atoms with Crippen molar-refractivity contribution in [1.82, 2.24) is 0 Å². The van der Waals surface area contributed by atoms with E-state index in [1.54, 1.807) is 0 Å². The fourth-order valence-corrected chi connectivity index (χ4v) is 5.25. The van der Waals surface area contributed by atoms with Gasteiger partial charge in [0.25, 0.3) is 0 Å². The molecule has 4 nitrogen and oxygen atoms in total. The van der Waals surface area contributed by atoms with Crippen LogP contribution in [0, 0.1) is 6.92 Å². The third-order valence-corrected chi connectivity index (χ3v) is 7.70. The second kappa shape index (κ2) is 14.4. The summed E-state index contributed by atoms with van der Waals surface area (Å²) in [6, 6.07) is 10.3. The van der Waals surface area contributed by atoms with Crippen molar-refractivity contribution >= 4 is 15.4 Å². The predicted octanol–water partition coefficient (Wildman–Crippen LogP) is 5.01. The zero-order valence-corrected chi connectivity index (χ0v) is 21.3. The molecule has 1 rings (SSSR count). The van der Waals surface area contributed by atoms with E-state index in [9.17, 15) is 5.02 Å². The van der Waals surface area contributed by atoms with Crippen LogP contribution in [0.2, 0.25) is 25.7 Å². The van der Waals surface area contributed by atoms with Gasteiger partial charge < -0.3 is 20.1 Å². The maximum atomic E-state index is 9.57. The van der Waals surface area contributed by atoms with Gasteiger partial charge in [-0.15, -0.1) is 0 Å². The van der Waals surface area contributed by atoms with Gasteiger partial charge in [0.15, 0.2) is 0 Å². The Kier molecular flexibility index (Phi) is 13.2. The quantitative estimate of drug-likeness (QED) is 0.267. The molecule has 0 radical (unpaired) electrons. The zero-order valence-electron chi connectivity index (χ0n) is 20.3. The van der Waals surface area contributed by atoms with Crippen molar-refractivity contribution < 1.29 is 20.1 Å². The summed E-state index contributed by atoms with van der Waals surface area (Å²) in [5.74, 6) is 0. The second-order valence-electron chi connectivity index (χ2n) is 10.2. The van der Waals surface area contributed by atoms with E-state index in [-0.39, 0.29) is 5.54 Å². The molecule has 172 valence electrons. The lowest BCUT2D eigenvalue weighted by molar-refractivity contribution is -0.484. The molecule has 0 spiro atoms. The highest BCUT2D eigenvalue weighted by Gasteiger charge is 2.28. The first-order chi connectivity index (χ1) is 14.1. The Morgan fingerprint density at radius 3 is 2.13 bits per heavy atom. The minimum absolute atomic E-state index is 0.118. The fourth-order valence-electron chi connectivity index (χ4n) is 3.94. The third-order valence-electron chi connectivity index (χ3n) is 5.85. The molecule has 0 aliphatic carbocycles. The van der Waals surface area contributed by atoms with Gasteiger partial charge in [0.2, 0.25) is 0 Å². The summed E-state index contributed by atoms with van der Waals surface area (Å²) in [5.41, 5.74) is 7.55. The Morgan fingerprint density at radius 2 is 1.53 bits per heavy atom. The highest BCUT2D eigenvalue weighted by molar-refractivity contribution is 6.76. The van der Waals surface area contributed by atoms with Gasteiger partial charge in [-0.3, -0.25) is 0 Å². The molecule has 4 N–H and O–H groups in total. The summed E-state index contributed by atoms with van der Waals surface area (Å²) < 4.78 is 10.4. The highest BCUT2D eigenvalue weighted by Crippen LogP contribution is 2.25. The summed E-state index contributed by atoms with van der Waals surface area (Å²) in [7, 11) is -2.06. The van der Waals surface area contributed by atoms with Gasteiger partial charge in [-0.05, 0) is 51.5 Å². The van der Waals surface area contributed by atoms with Crippen LogP contribution >= 0.6 is 0 Å². The lowest BCUT2D eigenvalue weighted by Crippen LogP contribution is -2.72. The lowest BCUT2D eigenvalue weighted by Gasteiger charge is -2.27. The van der Waals surface area contributed by atoms with Gasteiger partial charge in [-0.1, -0.05) is 61.9 Å². The van der Waals surface area contributed by atoms with E-state index in [4.69, 9.17) is 9.31 Å². The molecule has 0 fully saturated rings. The average Bonchev–Trinajstić information content (AvgIpc) is 2.67. The smallest absolute Gasteiger partial charge is 0.402 e. The summed E-state index contributed by atoms with van der Waals surface area (Å²) >= 11 is 0. The number of rotatable bonds is 17. The number of quaternary nitrogens is 1. The Morgan fingerprint density at radius 1 is 0.933 bits per heavy atom. The lowest BCUT2D eigenvalue weighted by atomic mass is 9.83. The van der Waals surface area contributed by atoms with Crippen molar-refractivity contribution in [2.24, 2.45) is 0 Å². The molecule has 0 aliphatic rings. The van der Waals surface area contributed by atoms with Crippen LogP contribution in [0.4, 0.5) is 0 Å². The molecular weight excluding hydrogens is 389 g/mol. The molecule has 1 aromatic rings. The maximum Gasteiger partial charge on any atom is 0.636 e. The Hall–Kier alpha value is -0.658. The van der Waals surface area contributed by atoms with Crippen LogP contribution in [0.3, 0.4) is 0 Å². The number of unbranched alkanes of at least 4 members (excludes halogenated alkanes) is 2. The molecule has 0 saturated carbocycles. The van der Waals surface area contributed by atoms with Crippen LogP contribution in [0.15, 0.2) is 24.3 Å². The molecule has 1 atom stereocenters. The molecule has 0 heterocycles. The van der Waals surface area contributed by atoms with Gasteiger partial charge in [-0.2, -0.15) is 0 Å². The topological polar surface area (TPSA) is 66.3 Å². The van der Waals surface area contributed by atoms with E-state index in [0.29, 0.717) is 13.2 Å². The van der Waals surface area contributed by atoms with E-state index >= 15 is 0 Å². The number of hydrogen-bond acceptors (Lipinski definition) is 3. The number of benzene rings is 1. The molecule has 30 heavy (non-hydrogen) atoms. The van der Waals surface area contributed by atoms with Crippen LogP contribution in [-0.4, -0.2) is 39.2 Å². The largest absolute Gasteiger partial charge is 0.636 e. The monoisotopic (exact) mass is 436 g/mol. The minimum atomic E-state index is -1.10. The van der Waals surface area contributed by atoms with Crippen molar-refractivity contribution in [2.45, 2.75) is 103 Å². The molecule has 1 unspecified atom stereocenters. The van der Waals surface area contributed by atoms with Crippen molar-refractivity contribution in [3.05, 3.63) is 35.4 Å². The molecule has 0 aromatic heterocycles. The van der Waals surface area contributed by atoms with Crippen LogP contribution in [0.25, 0.3) is 0 Å². The van der Waals surface area contributed by atoms with Gasteiger partial charge in [-0.25, -0.2) is 0 Å². The first-order valence-corrected chi connectivity index (χ1v) is 15.7. The number of aryl methyl sites for hydroxylation is 2. The highest BCUT2D eigenvalue weighted by atomic mass is 28.3. The Balaban J connectivity index is 2.43. The molecule has 6 heteroatoms. The molecule has 0 amide bonds. The second-order valence-corrected chi connectivity index (χ2v) is 15.8. The summed E-state index contributed by atoms with van der Waals surface area (Å²) in [5, 5.41) is 9.57. The van der Waals surface area contributed by atoms with E-state index < -0.39 is 15.4 Å². The van der Waals surface area contributed by atoms with Gasteiger partial charge in [0, 0.05) is 40.6 Å². The van der Waals surface area contributed by atoms with Gasteiger partial charge in [0.1, 0.15) is 0 Å². The standard InChI is InChI=1S/C24H46BNO3Si/c1-6-28-25(27)29-20-11-19-24(26,18-9-10-21-30(3,4)5)17-8-7-12-23-15-13-22(2)14-16-23/h13-16,27H,6-12,17-21,26H2,1-5H3/p+1. The molecule has 0 saturated heterocycles. The van der Waals surface area contributed by atoms with E-state index in [0.717, 1.165) is 19.3 Å². The van der Waals surface area contributed by atoms with Crippen LogP contribution < -0.4 is 5.73 Å². The third kappa shape index (κ3) is 13.6. The zero-order chi connectivity index (χ0) is 22.5. The minimum Gasteiger partial charge on any atom is -0.402 e. The Labute approximate surface area is 187 Å². The van der Waals surface area contributed by atoms with Crippen molar-refractivity contribution in [3.8, 4) is 0 Å². The summed E-state index contributed by atoms with van der Waals surface area (Å²) in [4.78, 5) is 0. The van der Waals surface area contributed by atoms with Crippen LogP contribution in [0.5, 0.6) is 0 Å². The molecule has 1 aromatic carbocycles. The number of hydrogen-bond donors (Lipinski definition) is 2. The molecular formula is C24H47BNO3Si+. The Bertz CT molecular complexity index is 565. The first-order valence-electron chi connectivity index (χ1n) is 12.0. The van der Waals surface area contributed by atoms with Gasteiger partial charge >= 0.3 is 7.32 Å². The predicted molar refractivity (Wildman–Crippen MR) is 131 cm³/mol. The van der Waals surface area contributed by atoms with Gasteiger partial charge in [0.05, 0.1) is 5.54 Å². The van der Waals surface area contributed by atoms with E-state index in [2.05, 4.69) is 56.6 Å². The molecule has 0 bridgehead atoms. The average molecular weight is 437 g/mol.